The van der Waals surface area contributed by atoms with Gasteiger partial charge < -0.3 is 5.32 Å². The zero-order chi connectivity index (χ0) is 11.2. The van der Waals surface area contributed by atoms with Crippen molar-refractivity contribution in [3.05, 3.63) is 22.4 Å². The summed E-state index contributed by atoms with van der Waals surface area (Å²) in [5, 5.41) is 5.82. The van der Waals surface area contributed by atoms with Crippen molar-refractivity contribution in [3.8, 4) is 0 Å². The van der Waals surface area contributed by atoms with E-state index in [1.54, 1.807) is 0 Å². The fraction of sp³-hybridized carbons (Fsp3) is 0.692. The molecule has 0 radical (unpaired) electrons. The summed E-state index contributed by atoms with van der Waals surface area (Å²) in [6.45, 7) is 3.41. The molecule has 90 valence electrons. The molecule has 0 bridgehead atoms. The van der Waals surface area contributed by atoms with Gasteiger partial charge in [0, 0.05) is 23.2 Å². The number of thiophene rings is 1. The summed E-state index contributed by atoms with van der Waals surface area (Å²) < 4.78 is 0. The highest BCUT2D eigenvalue weighted by Crippen LogP contribution is 2.32. The first kappa shape index (κ1) is 12.5. The van der Waals surface area contributed by atoms with Crippen LogP contribution in [0, 0.1) is 5.92 Å². The van der Waals surface area contributed by atoms with Crippen LogP contribution in [0.2, 0.25) is 0 Å². The minimum atomic E-state index is 0.571. The molecule has 16 heavy (non-hydrogen) atoms. The van der Waals surface area contributed by atoms with Gasteiger partial charge in [-0.05, 0) is 42.4 Å². The average Bonchev–Trinajstić information content (AvgIpc) is 2.97. The standard InChI is InChI=1S/C13H21NS2/c1-2-12(13-4-3-8-16-13)14-7-9-15-10-11-5-6-11/h3-4,8,11-12,14H,2,5-7,9-10H2,1H3. The molecule has 1 aliphatic rings. The number of hydrogen-bond donors (Lipinski definition) is 1. The first-order valence-electron chi connectivity index (χ1n) is 6.24. The van der Waals surface area contributed by atoms with Crippen LogP contribution in [0.5, 0.6) is 0 Å². The Kier molecular flexibility index (Phi) is 5.20. The normalized spacial score (nSPS) is 17.6. The lowest BCUT2D eigenvalue weighted by Crippen LogP contribution is -2.22. The summed E-state index contributed by atoms with van der Waals surface area (Å²) in [4.78, 5) is 1.48. The maximum absolute atomic E-state index is 3.66. The predicted molar refractivity (Wildman–Crippen MR) is 75.4 cm³/mol. The van der Waals surface area contributed by atoms with E-state index in [-0.39, 0.29) is 0 Å². The second-order valence-corrected chi connectivity index (χ2v) is 6.58. The predicted octanol–water partition coefficient (Wildman–Crippen LogP) is 3.93. The number of rotatable bonds is 8. The molecule has 2 rings (SSSR count). The molecule has 1 fully saturated rings. The van der Waals surface area contributed by atoms with Crippen LogP contribution in [0.15, 0.2) is 17.5 Å². The maximum atomic E-state index is 3.66. The summed E-state index contributed by atoms with van der Waals surface area (Å²) in [5.41, 5.74) is 0. The lowest BCUT2D eigenvalue weighted by molar-refractivity contribution is 0.548. The van der Waals surface area contributed by atoms with Crippen LogP contribution in [-0.2, 0) is 0 Å². The van der Waals surface area contributed by atoms with Crippen LogP contribution in [0.4, 0.5) is 0 Å². The molecule has 1 aromatic heterocycles. The molecule has 1 nitrogen and oxygen atoms in total. The largest absolute Gasteiger partial charge is 0.308 e. The Hall–Kier alpha value is 0.01000. The fourth-order valence-corrected chi connectivity index (χ4v) is 3.76. The zero-order valence-corrected chi connectivity index (χ0v) is 11.6. The van der Waals surface area contributed by atoms with Crippen molar-refractivity contribution >= 4 is 23.1 Å². The minimum absolute atomic E-state index is 0.571. The number of nitrogens with one attached hydrogen (secondary N) is 1. The van der Waals surface area contributed by atoms with Gasteiger partial charge in [-0.25, -0.2) is 0 Å². The van der Waals surface area contributed by atoms with E-state index in [0.29, 0.717) is 6.04 Å². The van der Waals surface area contributed by atoms with E-state index in [4.69, 9.17) is 0 Å². The van der Waals surface area contributed by atoms with Crippen molar-refractivity contribution in [1.29, 1.82) is 0 Å². The Morgan fingerprint density at radius 1 is 1.56 bits per heavy atom. The third-order valence-electron chi connectivity index (χ3n) is 2.98. The Bertz CT molecular complexity index is 280. The van der Waals surface area contributed by atoms with Gasteiger partial charge in [0.05, 0.1) is 0 Å². The lowest BCUT2D eigenvalue weighted by atomic mass is 10.2. The SMILES string of the molecule is CCC(NCCSCC1CC1)c1cccs1. The minimum Gasteiger partial charge on any atom is -0.308 e. The smallest absolute Gasteiger partial charge is 0.0412 e. The summed E-state index contributed by atoms with van der Waals surface area (Å²) in [6.07, 6.45) is 4.15. The van der Waals surface area contributed by atoms with Crippen molar-refractivity contribution in [3.63, 3.8) is 0 Å². The van der Waals surface area contributed by atoms with E-state index in [2.05, 4.69) is 41.5 Å². The lowest BCUT2D eigenvalue weighted by Gasteiger charge is -2.15. The fourth-order valence-electron chi connectivity index (χ4n) is 1.78. The van der Waals surface area contributed by atoms with Gasteiger partial charge >= 0.3 is 0 Å². The van der Waals surface area contributed by atoms with E-state index in [1.807, 2.05) is 11.3 Å². The molecular formula is C13H21NS2. The van der Waals surface area contributed by atoms with Crippen molar-refractivity contribution in [1.82, 2.24) is 5.32 Å². The molecule has 1 heterocycles. The molecular weight excluding hydrogens is 234 g/mol. The highest BCUT2D eigenvalue weighted by Gasteiger charge is 2.20. The van der Waals surface area contributed by atoms with Crippen LogP contribution in [0.25, 0.3) is 0 Å². The topological polar surface area (TPSA) is 12.0 Å². The van der Waals surface area contributed by atoms with E-state index in [9.17, 15) is 0 Å². The molecule has 0 amide bonds. The highest BCUT2D eigenvalue weighted by molar-refractivity contribution is 7.99. The van der Waals surface area contributed by atoms with E-state index in [1.165, 1.54) is 35.6 Å². The van der Waals surface area contributed by atoms with Crippen LogP contribution in [-0.4, -0.2) is 18.1 Å². The highest BCUT2D eigenvalue weighted by atomic mass is 32.2. The molecule has 1 aliphatic carbocycles. The molecule has 0 saturated heterocycles. The Balaban J connectivity index is 1.59. The van der Waals surface area contributed by atoms with Crippen molar-refractivity contribution < 1.29 is 0 Å². The Labute approximate surface area is 107 Å². The van der Waals surface area contributed by atoms with Gasteiger partial charge in [0.2, 0.25) is 0 Å². The molecule has 0 aromatic carbocycles. The van der Waals surface area contributed by atoms with E-state index < -0.39 is 0 Å². The first-order valence-corrected chi connectivity index (χ1v) is 8.28. The van der Waals surface area contributed by atoms with Gasteiger partial charge in [-0.3, -0.25) is 0 Å². The molecule has 3 heteroatoms. The molecule has 0 spiro atoms. The van der Waals surface area contributed by atoms with Gasteiger partial charge in [0.1, 0.15) is 0 Å². The van der Waals surface area contributed by atoms with E-state index in [0.717, 1.165) is 12.5 Å². The maximum Gasteiger partial charge on any atom is 0.0412 e. The molecule has 1 N–H and O–H groups in total. The van der Waals surface area contributed by atoms with Crippen LogP contribution in [0.3, 0.4) is 0 Å². The third-order valence-corrected chi connectivity index (χ3v) is 5.17. The molecule has 1 saturated carbocycles. The number of thioether (sulfide) groups is 1. The van der Waals surface area contributed by atoms with Crippen LogP contribution in [0.1, 0.15) is 37.1 Å². The van der Waals surface area contributed by atoms with Crippen molar-refractivity contribution in [2.45, 2.75) is 32.2 Å². The van der Waals surface area contributed by atoms with Gasteiger partial charge in [-0.1, -0.05) is 13.0 Å². The molecule has 1 atom stereocenters. The molecule has 0 aliphatic heterocycles. The quantitative estimate of drug-likeness (QED) is 0.706. The molecule has 1 unspecified atom stereocenters. The first-order chi connectivity index (χ1) is 7.90. The summed E-state index contributed by atoms with van der Waals surface area (Å²) in [6, 6.07) is 4.96. The summed E-state index contributed by atoms with van der Waals surface area (Å²) >= 11 is 3.98. The Morgan fingerprint density at radius 3 is 3.06 bits per heavy atom. The summed E-state index contributed by atoms with van der Waals surface area (Å²) in [7, 11) is 0. The van der Waals surface area contributed by atoms with E-state index >= 15 is 0 Å². The van der Waals surface area contributed by atoms with Crippen LogP contribution < -0.4 is 5.32 Å². The van der Waals surface area contributed by atoms with Crippen LogP contribution >= 0.6 is 23.1 Å². The zero-order valence-electron chi connectivity index (χ0n) is 9.95. The van der Waals surface area contributed by atoms with Gasteiger partial charge in [0.15, 0.2) is 0 Å². The third kappa shape index (κ3) is 4.11. The van der Waals surface area contributed by atoms with Gasteiger partial charge in [-0.15, -0.1) is 11.3 Å². The van der Waals surface area contributed by atoms with Crippen molar-refractivity contribution in [2.75, 3.05) is 18.1 Å². The van der Waals surface area contributed by atoms with Gasteiger partial charge in [0.25, 0.3) is 0 Å². The second kappa shape index (κ2) is 6.67. The van der Waals surface area contributed by atoms with Gasteiger partial charge in [-0.2, -0.15) is 11.8 Å². The second-order valence-electron chi connectivity index (χ2n) is 4.45. The Morgan fingerprint density at radius 2 is 2.44 bits per heavy atom. The summed E-state index contributed by atoms with van der Waals surface area (Å²) in [5.74, 6) is 3.71. The number of hydrogen-bond acceptors (Lipinski definition) is 3. The average molecular weight is 255 g/mol. The monoisotopic (exact) mass is 255 g/mol. The molecule has 1 aromatic rings. The van der Waals surface area contributed by atoms with Crippen molar-refractivity contribution in [2.24, 2.45) is 5.92 Å².